The van der Waals surface area contributed by atoms with Gasteiger partial charge in [-0.15, -0.1) is 0 Å². The lowest BCUT2D eigenvalue weighted by molar-refractivity contribution is -0.132. The van der Waals surface area contributed by atoms with E-state index in [0.717, 1.165) is 11.1 Å². The molecule has 1 saturated heterocycles. The Kier molecular flexibility index (Phi) is 6.71. The van der Waals surface area contributed by atoms with Gasteiger partial charge >= 0.3 is 6.03 Å². The number of urea groups is 1. The minimum atomic E-state index is -0.0767. The highest BCUT2D eigenvalue weighted by molar-refractivity contribution is 6.30. The van der Waals surface area contributed by atoms with Crippen molar-refractivity contribution in [3.63, 3.8) is 0 Å². The fourth-order valence-corrected chi connectivity index (χ4v) is 3.23. The third-order valence-corrected chi connectivity index (χ3v) is 5.00. The van der Waals surface area contributed by atoms with Crippen molar-refractivity contribution in [1.82, 2.24) is 15.1 Å². The Morgan fingerprint density at radius 3 is 2.15 bits per heavy atom. The van der Waals surface area contributed by atoms with Crippen molar-refractivity contribution in [3.8, 4) is 0 Å². The third-order valence-electron chi connectivity index (χ3n) is 4.75. The summed E-state index contributed by atoms with van der Waals surface area (Å²) in [5.74, 6) is 0.134. The molecular formula is C21H24ClN3O2. The largest absolute Gasteiger partial charge is 0.339 e. The van der Waals surface area contributed by atoms with E-state index in [0.29, 0.717) is 50.6 Å². The molecule has 6 heteroatoms. The molecule has 0 atom stereocenters. The topological polar surface area (TPSA) is 52.7 Å². The summed E-state index contributed by atoms with van der Waals surface area (Å²) in [7, 11) is 0. The van der Waals surface area contributed by atoms with Crippen LogP contribution in [-0.4, -0.2) is 47.9 Å². The van der Waals surface area contributed by atoms with Crippen LogP contribution < -0.4 is 5.32 Å². The predicted octanol–water partition coefficient (Wildman–Crippen LogP) is 3.33. The van der Waals surface area contributed by atoms with Gasteiger partial charge in [0.2, 0.25) is 5.91 Å². The van der Waals surface area contributed by atoms with Crippen LogP contribution in [0.5, 0.6) is 0 Å². The maximum atomic E-state index is 12.4. The normalized spacial score (nSPS) is 14.1. The van der Waals surface area contributed by atoms with Crippen molar-refractivity contribution in [3.05, 3.63) is 70.7 Å². The lowest BCUT2D eigenvalue weighted by Gasteiger charge is -2.34. The number of hydrogen-bond acceptors (Lipinski definition) is 2. The molecule has 0 aliphatic carbocycles. The van der Waals surface area contributed by atoms with Crippen LogP contribution in [0.2, 0.25) is 5.02 Å². The Bertz CT molecular complexity index is 757. The van der Waals surface area contributed by atoms with Crippen LogP contribution in [0.3, 0.4) is 0 Å². The fraction of sp³-hybridized carbons (Fsp3) is 0.333. The van der Waals surface area contributed by atoms with Crippen molar-refractivity contribution in [2.45, 2.75) is 19.4 Å². The first kappa shape index (κ1) is 19.2. The second-order valence-corrected chi connectivity index (χ2v) is 7.08. The Morgan fingerprint density at radius 1 is 0.852 bits per heavy atom. The average molecular weight is 386 g/mol. The second-order valence-electron chi connectivity index (χ2n) is 6.64. The number of carbonyl (C=O) groups excluding carboxylic acids is 2. The van der Waals surface area contributed by atoms with E-state index in [2.05, 4.69) is 5.32 Å². The molecule has 1 aliphatic heterocycles. The molecule has 0 radical (unpaired) electrons. The summed E-state index contributed by atoms with van der Waals surface area (Å²) < 4.78 is 0. The summed E-state index contributed by atoms with van der Waals surface area (Å²) in [4.78, 5) is 28.3. The number of nitrogens with zero attached hydrogens (tertiary/aromatic N) is 2. The van der Waals surface area contributed by atoms with E-state index in [1.54, 1.807) is 4.90 Å². The number of rotatable bonds is 5. The fourth-order valence-electron chi connectivity index (χ4n) is 3.10. The Morgan fingerprint density at radius 2 is 1.48 bits per heavy atom. The smallest absolute Gasteiger partial charge is 0.317 e. The highest BCUT2D eigenvalue weighted by atomic mass is 35.5. The van der Waals surface area contributed by atoms with E-state index in [1.807, 2.05) is 59.5 Å². The molecule has 1 heterocycles. The van der Waals surface area contributed by atoms with Gasteiger partial charge in [0, 0.05) is 44.2 Å². The standard InChI is InChI=1S/C21H24ClN3O2/c22-19-9-6-17(7-10-19)8-11-20(26)24-12-14-25(15-13-24)21(27)23-16-18-4-2-1-3-5-18/h1-7,9-10H,8,11-16H2,(H,23,27). The molecule has 27 heavy (non-hydrogen) atoms. The van der Waals surface area contributed by atoms with Gasteiger partial charge in [0.25, 0.3) is 0 Å². The lowest BCUT2D eigenvalue weighted by atomic mass is 10.1. The first-order valence-electron chi connectivity index (χ1n) is 9.21. The number of aryl methyl sites for hydroxylation is 1. The molecule has 0 unspecified atom stereocenters. The molecule has 0 spiro atoms. The van der Waals surface area contributed by atoms with Gasteiger partial charge in [0.1, 0.15) is 0 Å². The highest BCUT2D eigenvalue weighted by Crippen LogP contribution is 2.12. The second kappa shape index (κ2) is 9.42. The summed E-state index contributed by atoms with van der Waals surface area (Å²) in [6.07, 6.45) is 1.18. The van der Waals surface area contributed by atoms with Crippen LogP contribution in [0.25, 0.3) is 0 Å². The monoisotopic (exact) mass is 385 g/mol. The van der Waals surface area contributed by atoms with Crippen LogP contribution in [-0.2, 0) is 17.8 Å². The van der Waals surface area contributed by atoms with Gasteiger partial charge in [0.05, 0.1) is 0 Å². The zero-order chi connectivity index (χ0) is 19.1. The summed E-state index contributed by atoms with van der Waals surface area (Å²) in [6, 6.07) is 17.3. The molecule has 1 fully saturated rings. The number of carbonyl (C=O) groups is 2. The van der Waals surface area contributed by atoms with Crippen LogP contribution in [0.4, 0.5) is 4.79 Å². The quantitative estimate of drug-likeness (QED) is 0.858. The highest BCUT2D eigenvalue weighted by Gasteiger charge is 2.23. The molecule has 2 aromatic rings. The SMILES string of the molecule is O=C(CCc1ccc(Cl)cc1)N1CCN(C(=O)NCc2ccccc2)CC1. The van der Waals surface area contributed by atoms with Crippen molar-refractivity contribution >= 4 is 23.5 Å². The minimum absolute atomic E-state index is 0.0767. The molecule has 5 nitrogen and oxygen atoms in total. The Labute approximate surface area is 164 Å². The number of amides is 3. The number of hydrogen-bond donors (Lipinski definition) is 1. The molecule has 1 aliphatic rings. The number of piperazine rings is 1. The maximum Gasteiger partial charge on any atom is 0.317 e. The van der Waals surface area contributed by atoms with Gasteiger partial charge in [-0.25, -0.2) is 4.79 Å². The van der Waals surface area contributed by atoms with Crippen LogP contribution >= 0.6 is 11.6 Å². The molecule has 3 rings (SSSR count). The molecule has 142 valence electrons. The van der Waals surface area contributed by atoms with Crippen molar-refractivity contribution in [2.75, 3.05) is 26.2 Å². The van der Waals surface area contributed by atoms with Gasteiger partial charge < -0.3 is 15.1 Å². The van der Waals surface area contributed by atoms with Gasteiger partial charge in [0.15, 0.2) is 0 Å². The first-order chi connectivity index (χ1) is 13.1. The minimum Gasteiger partial charge on any atom is -0.339 e. The number of benzene rings is 2. The lowest BCUT2D eigenvalue weighted by Crippen LogP contribution is -2.53. The van der Waals surface area contributed by atoms with E-state index in [4.69, 9.17) is 11.6 Å². The Hall–Kier alpha value is -2.53. The van der Waals surface area contributed by atoms with Crippen molar-refractivity contribution in [1.29, 1.82) is 0 Å². The van der Waals surface area contributed by atoms with Crippen molar-refractivity contribution < 1.29 is 9.59 Å². The molecule has 0 aromatic heterocycles. The first-order valence-corrected chi connectivity index (χ1v) is 9.58. The molecule has 0 saturated carbocycles. The van der Waals surface area contributed by atoms with Crippen LogP contribution in [0.15, 0.2) is 54.6 Å². The van der Waals surface area contributed by atoms with Crippen LogP contribution in [0.1, 0.15) is 17.5 Å². The number of nitrogens with one attached hydrogen (secondary N) is 1. The molecular weight excluding hydrogens is 362 g/mol. The van der Waals surface area contributed by atoms with Gasteiger partial charge in [-0.2, -0.15) is 0 Å². The van der Waals surface area contributed by atoms with E-state index in [-0.39, 0.29) is 11.9 Å². The maximum absolute atomic E-state index is 12.4. The van der Waals surface area contributed by atoms with Gasteiger partial charge in [-0.3, -0.25) is 4.79 Å². The van der Waals surface area contributed by atoms with E-state index < -0.39 is 0 Å². The Balaban J connectivity index is 1.39. The van der Waals surface area contributed by atoms with Crippen LogP contribution in [0, 0.1) is 0 Å². The molecule has 2 aromatic carbocycles. The average Bonchev–Trinajstić information content (AvgIpc) is 2.72. The van der Waals surface area contributed by atoms with Gasteiger partial charge in [-0.1, -0.05) is 54.1 Å². The summed E-state index contributed by atoms with van der Waals surface area (Å²) in [6.45, 7) is 2.80. The van der Waals surface area contributed by atoms with E-state index in [9.17, 15) is 9.59 Å². The van der Waals surface area contributed by atoms with Crippen molar-refractivity contribution in [2.24, 2.45) is 0 Å². The predicted molar refractivity (Wildman–Crippen MR) is 107 cm³/mol. The third kappa shape index (κ3) is 5.73. The molecule has 0 bridgehead atoms. The van der Waals surface area contributed by atoms with E-state index in [1.165, 1.54) is 0 Å². The summed E-state index contributed by atoms with van der Waals surface area (Å²) in [5.41, 5.74) is 2.17. The van der Waals surface area contributed by atoms with E-state index >= 15 is 0 Å². The zero-order valence-corrected chi connectivity index (χ0v) is 16.0. The molecule has 3 amide bonds. The summed E-state index contributed by atoms with van der Waals surface area (Å²) in [5, 5.41) is 3.64. The summed E-state index contributed by atoms with van der Waals surface area (Å²) >= 11 is 5.88. The number of halogens is 1. The molecule has 1 N–H and O–H groups in total. The van der Waals surface area contributed by atoms with Gasteiger partial charge in [-0.05, 0) is 29.7 Å². The zero-order valence-electron chi connectivity index (χ0n) is 15.2.